The summed E-state index contributed by atoms with van der Waals surface area (Å²) in [6.07, 6.45) is 1.32. The number of hydrogen-bond acceptors (Lipinski definition) is 6. The molecule has 2 aromatic heterocycles. The molecular formula is C9H7N3O4S. The van der Waals surface area contributed by atoms with Crippen LogP contribution < -0.4 is 0 Å². The number of carbonyl (C=O) groups is 2. The van der Waals surface area contributed by atoms with Gasteiger partial charge < -0.3 is 9.84 Å². The van der Waals surface area contributed by atoms with E-state index in [1.807, 2.05) is 0 Å². The molecule has 0 saturated carbocycles. The monoisotopic (exact) mass is 253 g/mol. The Morgan fingerprint density at radius 3 is 2.82 bits per heavy atom. The zero-order valence-electron chi connectivity index (χ0n) is 8.65. The highest BCUT2D eigenvalue weighted by Gasteiger charge is 2.14. The number of rotatable bonds is 3. The maximum absolute atomic E-state index is 11.1. The first kappa shape index (κ1) is 11.3. The predicted octanol–water partition coefficient (Wildman–Crippen LogP) is 0.814. The number of aromatic nitrogens is 3. The highest BCUT2D eigenvalue weighted by atomic mass is 32.1. The third kappa shape index (κ3) is 2.16. The molecule has 1 N–H and O–H groups in total. The van der Waals surface area contributed by atoms with Gasteiger partial charge in [0.05, 0.1) is 7.11 Å². The van der Waals surface area contributed by atoms with Crippen LogP contribution in [-0.2, 0) is 4.74 Å². The van der Waals surface area contributed by atoms with Crippen molar-refractivity contribution in [1.29, 1.82) is 0 Å². The Labute approximate surface area is 99.3 Å². The van der Waals surface area contributed by atoms with Crippen molar-refractivity contribution in [2.45, 2.75) is 0 Å². The number of nitrogens with zero attached hydrogens (tertiary/aromatic N) is 3. The lowest BCUT2D eigenvalue weighted by atomic mass is 10.5. The lowest BCUT2D eigenvalue weighted by Gasteiger charge is -1.93. The molecule has 0 saturated heterocycles. The van der Waals surface area contributed by atoms with Gasteiger partial charge in [-0.2, -0.15) is 0 Å². The molecule has 2 aromatic rings. The van der Waals surface area contributed by atoms with Crippen LogP contribution in [0.4, 0.5) is 0 Å². The van der Waals surface area contributed by atoms with Crippen molar-refractivity contribution in [3.8, 4) is 5.00 Å². The number of esters is 1. The van der Waals surface area contributed by atoms with Gasteiger partial charge in [0.1, 0.15) is 16.2 Å². The molecule has 7 nitrogen and oxygen atoms in total. The van der Waals surface area contributed by atoms with E-state index in [1.54, 1.807) is 6.07 Å². The molecule has 0 aliphatic heterocycles. The highest BCUT2D eigenvalue weighted by Crippen LogP contribution is 2.19. The van der Waals surface area contributed by atoms with Gasteiger partial charge in [-0.05, 0) is 12.1 Å². The fourth-order valence-corrected chi connectivity index (χ4v) is 1.89. The minimum Gasteiger partial charge on any atom is -0.477 e. The molecule has 17 heavy (non-hydrogen) atoms. The molecule has 0 amide bonds. The number of hydrogen-bond donors (Lipinski definition) is 1. The van der Waals surface area contributed by atoms with Crippen molar-refractivity contribution in [2.75, 3.05) is 7.11 Å². The van der Waals surface area contributed by atoms with E-state index < -0.39 is 11.9 Å². The van der Waals surface area contributed by atoms with Crippen LogP contribution in [-0.4, -0.2) is 38.9 Å². The molecule has 2 rings (SSSR count). The second-order valence-electron chi connectivity index (χ2n) is 2.95. The number of carbonyl (C=O) groups excluding carboxylic acids is 1. The molecule has 0 aliphatic rings. The molecule has 0 bridgehead atoms. The third-order valence-electron chi connectivity index (χ3n) is 1.89. The molecule has 0 atom stereocenters. The summed E-state index contributed by atoms with van der Waals surface area (Å²) < 4.78 is 5.78. The second-order valence-corrected chi connectivity index (χ2v) is 4.01. The van der Waals surface area contributed by atoms with E-state index in [2.05, 4.69) is 14.8 Å². The normalized spacial score (nSPS) is 10.2. The van der Waals surface area contributed by atoms with E-state index in [1.165, 1.54) is 24.2 Å². The van der Waals surface area contributed by atoms with E-state index >= 15 is 0 Å². The summed E-state index contributed by atoms with van der Waals surface area (Å²) >= 11 is 1.04. The Morgan fingerprint density at radius 1 is 1.47 bits per heavy atom. The quantitative estimate of drug-likeness (QED) is 0.813. The van der Waals surface area contributed by atoms with Crippen molar-refractivity contribution in [3.63, 3.8) is 0 Å². The topological polar surface area (TPSA) is 94.3 Å². The van der Waals surface area contributed by atoms with Gasteiger partial charge in [0.15, 0.2) is 0 Å². The maximum Gasteiger partial charge on any atom is 0.377 e. The predicted molar refractivity (Wildman–Crippen MR) is 57.5 cm³/mol. The Hall–Kier alpha value is -2.22. The van der Waals surface area contributed by atoms with E-state index in [4.69, 9.17) is 5.11 Å². The molecule has 88 valence electrons. The van der Waals surface area contributed by atoms with Crippen LogP contribution in [0.1, 0.15) is 20.3 Å². The van der Waals surface area contributed by atoms with Crippen LogP contribution in [0.5, 0.6) is 0 Å². The van der Waals surface area contributed by atoms with Gasteiger partial charge in [-0.15, -0.1) is 16.4 Å². The average molecular weight is 253 g/mol. The van der Waals surface area contributed by atoms with Gasteiger partial charge in [-0.1, -0.05) is 0 Å². The molecule has 0 spiro atoms. The summed E-state index contributed by atoms with van der Waals surface area (Å²) in [4.78, 5) is 25.8. The summed E-state index contributed by atoms with van der Waals surface area (Å²) in [6, 6.07) is 3.05. The lowest BCUT2D eigenvalue weighted by Crippen LogP contribution is -2.04. The number of carboxylic acids is 1. The third-order valence-corrected chi connectivity index (χ3v) is 2.95. The summed E-state index contributed by atoms with van der Waals surface area (Å²) in [6.45, 7) is 0. The average Bonchev–Trinajstić information content (AvgIpc) is 2.95. The van der Waals surface area contributed by atoms with Gasteiger partial charge in [0, 0.05) is 0 Å². The highest BCUT2D eigenvalue weighted by molar-refractivity contribution is 7.16. The second kappa shape index (κ2) is 4.34. The van der Waals surface area contributed by atoms with Crippen LogP contribution in [0.25, 0.3) is 5.00 Å². The van der Waals surface area contributed by atoms with Crippen LogP contribution in [0.3, 0.4) is 0 Å². The van der Waals surface area contributed by atoms with Crippen LogP contribution in [0.15, 0.2) is 18.5 Å². The SMILES string of the molecule is COC(=O)c1ncn(-c2ccc(C(=O)O)s2)n1. The summed E-state index contributed by atoms with van der Waals surface area (Å²) in [5.41, 5.74) is 0. The first-order valence-electron chi connectivity index (χ1n) is 4.45. The van der Waals surface area contributed by atoms with Crippen LogP contribution in [0, 0.1) is 0 Å². The van der Waals surface area contributed by atoms with Gasteiger partial charge in [0.25, 0.3) is 5.82 Å². The van der Waals surface area contributed by atoms with Gasteiger partial charge in [0.2, 0.25) is 0 Å². The zero-order chi connectivity index (χ0) is 12.4. The number of ether oxygens (including phenoxy) is 1. The zero-order valence-corrected chi connectivity index (χ0v) is 9.47. The smallest absolute Gasteiger partial charge is 0.377 e. The van der Waals surface area contributed by atoms with Crippen molar-refractivity contribution in [2.24, 2.45) is 0 Å². The Kier molecular flexibility index (Phi) is 2.88. The number of thiophene rings is 1. The van der Waals surface area contributed by atoms with Crippen molar-refractivity contribution in [1.82, 2.24) is 14.8 Å². The molecule has 2 heterocycles. The van der Waals surface area contributed by atoms with Gasteiger partial charge >= 0.3 is 11.9 Å². The van der Waals surface area contributed by atoms with Crippen molar-refractivity contribution >= 4 is 23.3 Å². The molecule has 0 aliphatic carbocycles. The summed E-state index contributed by atoms with van der Waals surface area (Å²) in [7, 11) is 1.23. The van der Waals surface area contributed by atoms with Gasteiger partial charge in [-0.3, -0.25) is 0 Å². The molecule has 0 radical (unpaired) electrons. The minimum absolute atomic E-state index is 0.0715. The fourth-order valence-electron chi connectivity index (χ4n) is 1.12. The van der Waals surface area contributed by atoms with E-state index in [0.29, 0.717) is 5.00 Å². The van der Waals surface area contributed by atoms with E-state index in [0.717, 1.165) is 11.3 Å². The molecule has 8 heteroatoms. The fraction of sp³-hybridized carbons (Fsp3) is 0.111. The molecule has 0 fully saturated rings. The first-order valence-corrected chi connectivity index (χ1v) is 5.27. The summed E-state index contributed by atoms with van der Waals surface area (Å²) in [5, 5.41) is 13.2. The Morgan fingerprint density at radius 2 is 2.24 bits per heavy atom. The number of aromatic carboxylic acids is 1. The van der Waals surface area contributed by atoms with Crippen LogP contribution >= 0.6 is 11.3 Å². The molecule has 0 unspecified atom stereocenters. The van der Waals surface area contributed by atoms with E-state index in [9.17, 15) is 9.59 Å². The standard InChI is InChI=1S/C9H7N3O4S/c1-16-9(15)7-10-4-12(11-7)6-3-2-5(17-6)8(13)14/h2-4H,1H3,(H,13,14). The summed E-state index contributed by atoms with van der Waals surface area (Å²) in [5.74, 6) is -1.72. The van der Waals surface area contributed by atoms with Crippen LogP contribution in [0.2, 0.25) is 0 Å². The van der Waals surface area contributed by atoms with Crippen molar-refractivity contribution in [3.05, 3.63) is 29.2 Å². The number of carboxylic acid groups (broad SMARTS) is 1. The van der Waals surface area contributed by atoms with Crippen molar-refractivity contribution < 1.29 is 19.4 Å². The molecule has 0 aromatic carbocycles. The number of methoxy groups -OCH3 is 1. The Bertz CT molecular complexity index is 574. The van der Waals surface area contributed by atoms with E-state index in [-0.39, 0.29) is 10.7 Å². The first-order chi connectivity index (χ1) is 8.11. The lowest BCUT2D eigenvalue weighted by molar-refractivity contribution is 0.0586. The van der Waals surface area contributed by atoms with Gasteiger partial charge in [-0.25, -0.2) is 19.3 Å². The maximum atomic E-state index is 11.1. The molecular weight excluding hydrogens is 246 g/mol. The largest absolute Gasteiger partial charge is 0.477 e. The minimum atomic E-state index is -1.01. The Balaban J connectivity index is 2.30.